The summed E-state index contributed by atoms with van der Waals surface area (Å²) in [5, 5.41) is 11.1. The molecule has 0 bridgehead atoms. The summed E-state index contributed by atoms with van der Waals surface area (Å²) < 4.78 is 6.75. The van der Waals surface area contributed by atoms with Gasteiger partial charge in [0.05, 0.1) is 11.5 Å². The van der Waals surface area contributed by atoms with Crippen molar-refractivity contribution in [1.82, 2.24) is 4.98 Å². The average molecular weight is 805 g/mol. The van der Waals surface area contributed by atoms with Crippen molar-refractivity contribution in [2.75, 3.05) is 0 Å². The summed E-state index contributed by atoms with van der Waals surface area (Å²) in [6, 6.07) is 16.8. The minimum atomic E-state index is -2.11. The van der Waals surface area contributed by atoms with Gasteiger partial charge < -0.3 is 14.5 Å². The van der Waals surface area contributed by atoms with Crippen LogP contribution in [0.1, 0.15) is 90.8 Å². The van der Waals surface area contributed by atoms with Gasteiger partial charge in [0.2, 0.25) is 0 Å². The van der Waals surface area contributed by atoms with Gasteiger partial charge in [-0.3, -0.25) is 4.79 Å². The third kappa shape index (κ3) is 9.98. The summed E-state index contributed by atoms with van der Waals surface area (Å²) >= 11 is 0. The number of ketones is 1. The number of benzene rings is 2. The summed E-state index contributed by atoms with van der Waals surface area (Å²) in [6.07, 6.45) is 7.87. The van der Waals surface area contributed by atoms with Crippen molar-refractivity contribution in [3.05, 3.63) is 77.2 Å². The minimum absolute atomic E-state index is 0. The summed E-state index contributed by atoms with van der Waals surface area (Å²) in [6.45, 7) is 23.7. The molecule has 0 atom stereocenters. The van der Waals surface area contributed by atoms with Gasteiger partial charge in [-0.15, -0.1) is 34.9 Å². The van der Waals surface area contributed by atoms with Crippen LogP contribution in [-0.2, 0) is 31.3 Å². The maximum Gasteiger partial charge on any atom is 0.276 e. The SMILES string of the molecule is CCC(CC)C(=O)/C=C(\O)C(CC)CC.Cc1[c-]c(-c2nccc3c2O[Si](C)(C)c2cc(CC(C)(C)C)ccc2-3)cc(C)c1.[Ir]. The van der Waals surface area contributed by atoms with Gasteiger partial charge in [0.25, 0.3) is 8.32 Å². The van der Waals surface area contributed by atoms with Crippen LogP contribution in [0.25, 0.3) is 22.4 Å². The molecule has 45 heavy (non-hydrogen) atoms. The molecule has 1 aromatic heterocycles. The monoisotopic (exact) mass is 805 g/mol. The molecule has 2 heterocycles. The van der Waals surface area contributed by atoms with Crippen molar-refractivity contribution < 1.29 is 34.4 Å². The van der Waals surface area contributed by atoms with E-state index in [-0.39, 0.29) is 48.9 Å². The zero-order valence-corrected chi connectivity index (χ0v) is 32.7. The number of fused-ring (bicyclic) bond motifs is 3. The second kappa shape index (κ2) is 16.3. The van der Waals surface area contributed by atoms with Crippen molar-refractivity contribution >= 4 is 19.3 Å². The van der Waals surface area contributed by atoms with Crippen LogP contribution >= 0.6 is 0 Å². The van der Waals surface area contributed by atoms with Crippen molar-refractivity contribution in [1.29, 1.82) is 0 Å². The summed E-state index contributed by atoms with van der Waals surface area (Å²) in [5.41, 5.74) is 8.36. The summed E-state index contributed by atoms with van der Waals surface area (Å²) in [4.78, 5) is 16.4. The fourth-order valence-electron chi connectivity index (χ4n) is 6.11. The minimum Gasteiger partial charge on any atom is -0.544 e. The first-order valence-electron chi connectivity index (χ1n) is 16.4. The van der Waals surface area contributed by atoms with E-state index in [1.807, 2.05) is 33.9 Å². The van der Waals surface area contributed by atoms with Gasteiger partial charge in [0.15, 0.2) is 5.78 Å². The molecule has 0 saturated carbocycles. The van der Waals surface area contributed by atoms with Crippen LogP contribution in [0.3, 0.4) is 0 Å². The molecule has 0 fully saturated rings. The predicted octanol–water partition coefficient (Wildman–Crippen LogP) is 10.1. The van der Waals surface area contributed by atoms with Crippen LogP contribution in [0.4, 0.5) is 0 Å². The number of nitrogens with zero attached hydrogens (tertiary/aromatic N) is 1. The maximum absolute atomic E-state index is 11.7. The number of hydrogen-bond donors (Lipinski definition) is 1. The fraction of sp³-hybridized carbons (Fsp3) is 0.487. The average Bonchev–Trinajstić information content (AvgIpc) is 2.93. The van der Waals surface area contributed by atoms with Crippen LogP contribution in [0.15, 0.2) is 54.4 Å². The summed E-state index contributed by atoms with van der Waals surface area (Å²) in [7, 11) is -2.11. The molecular weight excluding hydrogens is 751 g/mol. The van der Waals surface area contributed by atoms with Gasteiger partial charge in [0, 0.05) is 55.5 Å². The number of aromatic nitrogens is 1. The number of carbonyl (C=O) groups is 1. The molecule has 4 rings (SSSR count). The molecule has 0 amide bonds. The third-order valence-corrected chi connectivity index (χ3v) is 10.9. The first kappa shape index (κ1) is 38.6. The van der Waals surface area contributed by atoms with E-state index in [1.54, 1.807) is 0 Å². The number of rotatable bonds is 9. The first-order valence-corrected chi connectivity index (χ1v) is 19.3. The molecule has 0 aliphatic carbocycles. The van der Waals surface area contributed by atoms with Gasteiger partial charge in [-0.05, 0) is 73.0 Å². The topological polar surface area (TPSA) is 59.4 Å². The number of carbonyl (C=O) groups excluding carboxylic acids is 1. The zero-order valence-electron chi connectivity index (χ0n) is 29.4. The largest absolute Gasteiger partial charge is 0.544 e. The molecule has 0 unspecified atom stereocenters. The Morgan fingerprint density at radius 3 is 2.13 bits per heavy atom. The number of aliphatic hydroxyl groups excluding tert-OH is 1. The van der Waals surface area contributed by atoms with E-state index < -0.39 is 8.32 Å². The van der Waals surface area contributed by atoms with Crippen molar-refractivity contribution in [2.24, 2.45) is 17.3 Å². The molecule has 6 heteroatoms. The fourth-order valence-corrected chi connectivity index (χ4v) is 8.34. The Balaban J connectivity index is 0.000000378. The Hall–Kier alpha value is -2.53. The first-order chi connectivity index (χ1) is 20.6. The van der Waals surface area contributed by atoms with Crippen molar-refractivity contribution in [3.63, 3.8) is 0 Å². The van der Waals surface area contributed by atoms with Gasteiger partial charge in [-0.25, -0.2) is 0 Å². The molecule has 2 aromatic carbocycles. The Morgan fingerprint density at radius 2 is 1.58 bits per heavy atom. The van der Waals surface area contributed by atoms with Crippen LogP contribution in [0.2, 0.25) is 13.1 Å². The van der Waals surface area contributed by atoms with E-state index in [9.17, 15) is 9.90 Å². The Morgan fingerprint density at radius 1 is 0.956 bits per heavy atom. The second-order valence-corrected chi connectivity index (χ2v) is 17.8. The maximum atomic E-state index is 11.7. The van der Waals surface area contributed by atoms with Gasteiger partial charge >= 0.3 is 0 Å². The van der Waals surface area contributed by atoms with Gasteiger partial charge in [-0.2, -0.15) is 0 Å². The molecule has 1 aliphatic heterocycles. The number of hydrogen-bond acceptors (Lipinski definition) is 4. The van der Waals surface area contributed by atoms with Gasteiger partial charge in [-0.1, -0.05) is 80.5 Å². The molecule has 1 aliphatic rings. The Kier molecular flexibility index (Phi) is 14.0. The Labute approximate surface area is 287 Å². The molecule has 3 aromatic rings. The summed E-state index contributed by atoms with van der Waals surface area (Å²) in [5.74, 6) is 1.47. The molecule has 0 saturated heterocycles. The smallest absolute Gasteiger partial charge is 0.276 e. The van der Waals surface area contributed by atoms with Crippen LogP contribution in [-0.4, -0.2) is 24.2 Å². The predicted molar refractivity (Wildman–Crippen MR) is 188 cm³/mol. The second-order valence-electron chi connectivity index (χ2n) is 14.0. The zero-order chi connectivity index (χ0) is 32.8. The number of allylic oxidation sites excluding steroid dienone is 2. The van der Waals surface area contributed by atoms with Crippen molar-refractivity contribution in [2.45, 2.75) is 108 Å². The van der Waals surface area contributed by atoms with E-state index >= 15 is 0 Å². The van der Waals surface area contributed by atoms with E-state index in [0.717, 1.165) is 60.2 Å². The third-order valence-electron chi connectivity index (χ3n) is 8.50. The van der Waals surface area contributed by atoms with Crippen molar-refractivity contribution in [3.8, 4) is 28.1 Å². The number of pyridine rings is 1. The van der Waals surface area contributed by atoms with Crippen LogP contribution in [0, 0.1) is 37.2 Å². The normalized spacial score (nSPS) is 13.7. The van der Waals surface area contributed by atoms with Gasteiger partial charge in [0.1, 0.15) is 0 Å². The standard InChI is InChI=1S/C26H30NOSi.C13H24O2.Ir/c1-17-12-18(2)14-20(13-17)24-25-22(10-11-27-24)21-9-8-19(16-26(3,4)5)15-23(21)29(6,7)28-25;1-5-10(6-2)12(14)9-13(15)11(7-3)8-4;/h8-13,15H,16H2,1-7H3;9-11,14H,5-8H2,1-4H3;/q-1;;/b;12-9-;. The molecular formula is C39H54IrNO3Si-. The molecule has 1 N–H and O–H groups in total. The molecule has 0 spiro atoms. The van der Waals surface area contributed by atoms with E-state index in [4.69, 9.17) is 9.41 Å². The van der Waals surface area contributed by atoms with E-state index in [2.05, 4.69) is 90.2 Å². The van der Waals surface area contributed by atoms with E-state index in [1.165, 1.54) is 28.0 Å². The van der Waals surface area contributed by atoms with Crippen LogP contribution in [0.5, 0.6) is 5.75 Å². The Bertz CT molecular complexity index is 1460. The molecule has 4 nitrogen and oxygen atoms in total. The van der Waals surface area contributed by atoms with E-state index in [0.29, 0.717) is 0 Å². The number of aliphatic hydroxyl groups is 1. The molecule has 1 radical (unpaired) electrons. The number of aryl methyl sites for hydroxylation is 2. The quantitative estimate of drug-likeness (QED) is 0.101. The van der Waals surface area contributed by atoms with Crippen LogP contribution < -0.4 is 9.61 Å². The molecule has 247 valence electrons.